The minimum Gasteiger partial charge on any atom is -0.336 e. The monoisotopic (exact) mass is 252 g/mol. The Morgan fingerprint density at radius 2 is 1.61 bits per heavy atom. The second-order valence-corrected chi connectivity index (χ2v) is 5.05. The largest absolute Gasteiger partial charge is 0.336 e. The van der Waals surface area contributed by atoms with Gasteiger partial charge in [0.1, 0.15) is 5.82 Å². The molecule has 2 N–H and O–H groups in total. The standard InChI is InChI=1S/C14H21FN2O/c1-9(2)13(17-14(18)16-10(3)4)11-5-7-12(15)8-6-11/h5-10,13H,1-4H3,(H2,16,17,18)/t13-/m1/s1. The summed E-state index contributed by atoms with van der Waals surface area (Å²) in [5.74, 6) is -0.0405. The lowest BCUT2D eigenvalue weighted by molar-refractivity contribution is 0.231. The molecule has 0 saturated carbocycles. The Labute approximate surface area is 108 Å². The molecule has 1 rings (SSSR count). The van der Waals surface area contributed by atoms with Gasteiger partial charge in [0.05, 0.1) is 6.04 Å². The number of amides is 2. The number of carbonyl (C=O) groups is 1. The van der Waals surface area contributed by atoms with Crippen molar-refractivity contribution >= 4 is 6.03 Å². The van der Waals surface area contributed by atoms with Crippen LogP contribution in [0.25, 0.3) is 0 Å². The summed E-state index contributed by atoms with van der Waals surface area (Å²) in [5, 5.41) is 5.70. The van der Waals surface area contributed by atoms with Crippen molar-refractivity contribution in [3.63, 3.8) is 0 Å². The fourth-order valence-corrected chi connectivity index (χ4v) is 1.75. The van der Waals surface area contributed by atoms with Crippen LogP contribution in [0.2, 0.25) is 0 Å². The molecule has 18 heavy (non-hydrogen) atoms. The van der Waals surface area contributed by atoms with Gasteiger partial charge in [0.2, 0.25) is 0 Å². The van der Waals surface area contributed by atoms with E-state index in [-0.39, 0.29) is 29.8 Å². The van der Waals surface area contributed by atoms with Crippen LogP contribution in [0, 0.1) is 11.7 Å². The number of nitrogens with one attached hydrogen (secondary N) is 2. The van der Waals surface area contributed by atoms with E-state index in [0.717, 1.165) is 5.56 Å². The lowest BCUT2D eigenvalue weighted by Gasteiger charge is -2.23. The van der Waals surface area contributed by atoms with E-state index < -0.39 is 0 Å². The maximum absolute atomic E-state index is 12.9. The highest BCUT2D eigenvalue weighted by Gasteiger charge is 2.18. The topological polar surface area (TPSA) is 41.1 Å². The summed E-state index contributed by atoms with van der Waals surface area (Å²) in [6.07, 6.45) is 0. The minimum absolute atomic E-state index is 0.0889. The van der Waals surface area contributed by atoms with Crippen molar-refractivity contribution in [1.29, 1.82) is 0 Å². The molecular weight excluding hydrogens is 231 g/mol. The zero-order valence-electron chi connectivity index (χ0n) is 11.3. The van der Waals surface area contributed by atoms with E-state index in [1.165, 1.54) is 12.1 Å². The van der Waals surface area contributed by atoms with Gasteiger partial charge in [-0.1, -0.05) is 26.0 Å². The van der Waals surface area contributed by atoms with Crippen LogP contribution >= 0.6 is 0 Å². The van der Waals surface area contributed by atoms with Crippen molar-refractivity contribution in [3.05, 3.63) is 35.6 Å². The fraction of sp³-hybridized carbons (Fsp3) is 0.500. The van der Waals surface area contributed by atoms with E-state index in [4.69, 9.17) is 0 Å². The summed E-state index contributed by atoms with van der Waals surface area (Å²) >= 11 is 0. The van der Waals surface area contributed by atoms with Gasteiger partial charge in [-0.3, -0.25) is 0 Å². The second kappa shape index (κ2) is 6.38. The van der Waals surface area contributed by atoms with Gasteiger partial charge in [0, 0.05) is 6.04 Å². The third-order valence-corrected chi connectivity index (χ3v) is 2.60. The molecule has 0 spiro atoms. The molecule has 0 aliphatic heterocycles. The molecule has 2 amide bonds. The van der Waals surface area contributed by atoms with Gasteiger partial charge in [0.25, 0.3) is 0 Å². The molecule has 100 valence electrons. The van der Waals surface area contributed by atoms with Crippen LogP contribution in [0.4, 0.5) is 9.18 Å². The van der Waals surface area contributed by atoms with Crippen LogP contribution in [-0.2, 0) is 0 Å². The number of hydrogen-bond acceptors (Lipinski definition) is 1. The number of urea groups is 1. The highest BCUT2D eigenvalue weighted by atomic mass is 19.1. The maximum Gasteiger partial charge on any atom is 0.315 e. The van der Waals surface area contributed by atoms with E-state index in [9.17, 15) is 9.18 Å². The molecule has 4 heteroatoms. The van der Waals surface area contributed by atoms with Crippen molar-refractivity contribution in [2.24, 2.45) is 5.92 Å². The first-order chi connectivity index (χ1) is 8.40. The number of carbonyl (C=O) groups excluding carboxylic acids is 1. The van der Waals surface area contributed by atoms with E-state index in [2.05, 4.69) is 10.6 Å². The molecule has 0 saturated heterocycles. The Morgan fingerprint density at radius 3 is 2.06 bits per heavy atom. The SMILES string of the molecule is CC(C)NC(=O)N[C@@H](c1ccc(F)cc1)C(C)C. The number of hydrogen-bond donors (Lipinski definition) is 2. The summed E-state index contributed by atoms with van der Waals surface area (Å²) in [6, 6.07) is 5.99. The van der Waals surface area contributed by atoms with Gasteiger partial charge in [-0.05, 0) is 37.5 Å². The van der Waals surface area contributed by atoms with Crippen molar-refractivity contribution in [1.82, 2.24) is 10.6 Å². The third-order valence-electron chi connectivity index (χ3n) is 2.60. The van der Waals surface area contributed by atoms with E-state index in [1.807, 2.05) is 27.7 Å². The van der Waals surface area contributed by atoms with Crippen LogP contribution in [-0.4, -0.2) is 12.1 Å². The van der Waals surface area contributed by atoms with Gasteiger partial charge >= 0.3 is 6.03 Å². The van der Waals surface area contributed by atoms with E-state index in [1.54, 1.807) is 12.1 Å². The average Bonchev–Trinajstić information content (AvgIpc) is 2.26. The average molecular weight is 252 g/mol. The molecule has 0 aromatic heterocycles. The summed E-state index contributed by atoms with van der Waals surface area (Å²) in [6.45, 7) is 7.84. The van der Waals surface area contributed by atoms with Gasteiger partial charge < -0.3 is 10.6 Å². The van der Waals surface area contributed by atoms with Crippen molar-refractivity contribution in [3.8, 4) is 0 Å². The first kappa shape index (κ1) is 14.5. The van der Waals surface area contributed by atoms with Crippen LogP contribution in [0.15, 0.2) is 24.3 Å². The van der Waals surface area contributed by atoms with Crippen LogP contribution < -0.4 is 10.6 Å². The quantitative estimate of drug-likeness (QED) is 0.848. The molecule has 1 aromatic carbocycles. The minimum atomic E-state index is -0.270. The summed E-state index contributed by atoms with van der Waals surface area (Å²) < 4.78 is 12.9. The lowest BCUT2D eigenvalue weighted by atomic mass is 9.96. The molecule has 1 atom stereocenters. The molecule has 0 unspecified atom stereocenters. The van der Waals surface area contributed by atoms with Crippen LogP contribution in [0.1, 0.15) is 39.3 Å². The Morgan fingerprint density at radius 1 is 1.06 bits per heavy atom. The summed E-state index contributed by atoms with van der Waals surface area (Å²) in [4.78, 5) is 11.7. The molecule has 0 aliphatic carbocycles. The van der Waals surface area contributed by atoms with Crippen LogP contribution in [0.5, 0.6) is 0 Å². The first-order valence-corrected chi connectivity index (χ1v) is 6.22. The van der Waals surface area contributed by atoms with Crippen LogP contribution in [0.3, 0.4) is 0 Å². The molecule has 1 aromatic rings. The predicted octanol–water partition coefficient (Wildman–Crippen LogP) is 3.23. The normalized spacial score (nSPS) is 12.6. The van der Waals surface area contributed by atoms with Gasteiger partial charge in [-0.25, -0.2) is 9.18 Å². The van der Waals surface area contributed by atoms with E-state index in [0.29, 0.717) is 0 Å². The Balaban J connectivity index is 2.77. The van der Waals surface area contributed by atoms with E-state index >= 15 is 0 Å². The summed E-state index contributed by atoms with van der Waals surface area (Å²) in [7, 11) is 0. The number of benzene rings is 1. The summed E-state index contributed by atoms with van der Waals surface area (Å²) in [5.41, 5.74) is 0.908. The first-order valence-electron chi connectivity index (χ1n) is 6.22. The molecule has 0 heterocycles. The van der Waals surface area contributed by atoms with Crippen molar-refractivity contribution in [2.45, 2.75) is 39.8 Å². The van der Waals surface area contributed by atoms with Gasteiger partial charge in [0.15, 0.2) is 0 Å². The Bertz CT molecular complexity index is 387. The second-order valence-electron chi connectivity index (χ2n) is 5.05. The smallest absolute Gasteiger partial charge is 0.315 e. The molecule has 0 radical (unpaired) electrons. The third kappa shape index (κ3) is 4.35. The molecule has 0 bridgehead atoms. The van der Waals surface area contributed by atoms with Crippen molar-refractivity contribution in [2.75, 3.05) is 0 Å². The number of halogens is 1. The Kier molecular flexibility index (Phi) is 5.13. The lowest BCUT2D eigenvalue weighted by Crippen LogP contribution is -2.42. The van der Waals surface area contributed by atoms with Gasteiger partial charge in [-0.2, -0.15) is 0 Å². The Hall–Kier alpha value is -1.58. The molecule has 3 nitrogen and oxygen atoms in total. The predicted molar refractivity (Wildman–Crippen MR) is 70.8 cm³/mol. The zero-order chi connectivity index (χ0) is 13.7. The molecule has 0 fully saturated rings. The molecule has 0 aliphatic rings. The van der Waals surface area contributed by atoms with Gasteiger partial charge in [-0.15, -0.1) is 0 Å². The zero-order valence-corrected chi connectivity index (χ0v) is 11.3. The highest BCUT2D eigenvalue weighted by molar-refractivity contribution is 5.74. The highest BCUT2D eigenvalue weighted by Crippen LogP contribution is 2.21. The number of rotatable bonds is 4. The molecular formula is C14H21FN2O. The fourth-order valence-electron chi connectivity index (χ4n) is 1.75. The van der Waals surface area contributed by atoms with Crippen molar-refractivity contribution < 1.29 is 9.18 Å². The maximum atomic E-state index is 12.9.